The highest BCUT2D eigenvalue weighted by atomic mass is 16.5. The van der Waals surface area contributed by atoms with Gasteiger partial charge in [0.1, 0.15) is 11.5 Å². The molecule has 3 N–H and O–H groups in total. The summed E-state index contributed by atoms with van der Waals surface area (Å²) in [7, 11) is 3.13. The Bertz CT molecular complexity index is 646. The molecule has 0 saturated heterocycles. The lowest BCUT2D eigenvalue weighted by Crippen LogP contribution is -2.24. The second-order valence-electron chi connectivity index (χ2n) is 4.20. The molecule has 0 bridgehead atoms. The molecule has 21 heavy (non-hydrogen) atoms. The standard InChI is InChI=1S/C14H16N4O3/c1-20-11-4-3-9(5-12(11)21-2)6-17-14(19)10-7-16-8-13(15)18-10/h3-5,7-8H,6H2,1-2H3,(H2,15,18)(H,17,19). The SMILES string of the molecule is COc1ccc(CNC(=O)c2cncc(N)n2)cc1OC. The summed E-state index contributed by atoms with van der Waals surface area (Å²) in [6.07, 6.45) is 2.74. The van der Waals surface area contributed by atoms with Crippen molar-refractivity contribution in [3.05, 3.63) is 41.9 Å². The molecule has 7 heteroatoms. The minimum Gasteiger partial charge on any atom is -0.493 e. The van der Waals surface area contributed by atoms with Gasteiger partial charge in [-0.2, -0.15) is 0 Å². The van der Waals surface area contributed by atoms with E-state index in [2.05, 4.69) is 15.3 Å². The van der Waals surface area contributed by atoms with Crippen molar-refractivity contribution < 1.29 is 14.3 Å². The van der Waals surface area contributed by atoms with Crippen LogP contribution in [0.3, 0.4) is 0 Å². The maximum atomic E-state index is 11.9. The van der Waals surface area contributed by atoms with E-state index in [0.29, 0.717) is 18.0 Å². The van der Waals surface area contributed by atoms with Gasteiger partial charge in [-0.05, 0) is 17.7 Å². The molecular weight excluding hydrogens is 272 g/mol. The lowest BCUT2D eigenvalue weighted by molar-refractivity contribution is 0.0945. The molecular formula is C14H16N4O3. The Morgan fingerprint density at radius 2 is 2.00 bits per heavy atom. The number of amides is 1. The highest BCUT2D eigenvalue weighted by Crippen LogP contribution is 2.27. The van der Waals surface area contributed by atoms with Gasteiger partial charge in [0, 0.05) is 6.54 Å². The summed E-state index contributed by atoms with van der Waals surface area (Å²) >= 11 is 0. The highest BCUT2D eigenvalue weighted by molar-refractivity contribution is 5.92. The number of nitrogen functional groups attached to an aromatic ring is 1. The Labute approximate surface area is 122 Å². The molecule has 7 nitrogen and oxygen atoms in total. The zero-order valence-electron chi connectivity index (χ0n) is 11.8. The van der Waals surface area contributed by atoms with Gasteiger partial charge >= 0.3 is 0 Å². The Morgan fingerprint density at radius 1 is 1.24 bits per heavy atom. The quantitative estimate of drug-likeness (QED) is 0.851. The van der Waals surface area contributed by atoms with Crippen molar-refractivity contribution in [1.29, 1.82) is 0 Å². The molecule has 1 heterocycles. The number of nitrogens with one attached hydrogen (secondary N) is 1. The van der Waals surface area contributed by atoms with Crippen molar-refractivity contribution in [3.8, 4) is 11.5 Å². The maximum Gasteiger partial charge on any atom is 0.271 e. The van der Waals surface area contributed by atoms with Crippen LogP contribution in [0.25, 0.3) is 0 Å². The summed E-state index contributed by atoms with van der Waals surface area (Å²) in [4.78, 5) is 19.7. The molecule has 0 atom stereocenters. The Hall–Kier alpha value is -2.83. The summed E-state index contributed by atoms with van der Waals surface area (Å²) < 4.78 is 10.4. The number of methoxy groups -OCH3 is 2. The van der Waals surface area contributed by atoms with Gasteiger partial charge in [0.2, 0.25) is 0 Å². The summed E-state index contributed by atoms with van der Waals surface area (Å²) in [6.45, 7) is 0.329. The molecule has 0 fully saturated rings. The van der Waals surface area contributed by atoms with Crippen LogP contribution in [-0.2, 0) is 6.54 Å². The minimum absolute atomic E-state index is 0.176. The number of benzene rings is 1. The van der Waals surface area contributed by atoms with Crippen LogP contribution < -0.4 is 20.5 Å². The Morgan fingerprint density at radius 3 is 2.67 bits per heavy atom. The van der Waals surface area contributed by atoms with E-state index in [4.69, 9.17) is 15.2 Å². The van der Waals surface area contributed by atoms with Crippen LogP contribution in [0.15, 0.2) is 30.6 Å². The average molecular weight is 288 g/mol. The van der Waals surface area contributed by atoms with Gasteiger partial charge in [-0.1, -0.05) is 6.07 Å². The zero-order chi connectivity index (χ0) is 15.2. The van der Waals surface area contributed by atoms with Gasteiger partial charge in [0.25, 0.3) is 5.91 Å². The van der Waals surface area contributed by atoms with Crippen molar-refractivity contribution in [2.24, 2.45) is 0 Å². The number of hydrogen-bond acceptors (Lipinski definition) is 6. The van der Waals surface area contributed by atoms with E-state index >= 15 is 0 Å². The number of ether oxygens (including phenoxy) is 2. The fourth-order valence-electron chi connectivity index (χ4n) is 1.75. The first-order chi connectivity index (χ1) is 10.1. The van der Waals surface area contributed by atoms with E-state index < -0.39 is 0 Å². The first-order valence-corrected chi connectivity index (χ1v) is 6.20. The van der Waals surface area contributed by atoms with Crippen molar-refractivity contribution in [3.63, 3.8) is 0 Å². The average Bonchev–Trinajstić information content (AvgIpc) is 2.52. The van der Waals surface area contributed by atoms with Crippen LogP contribution in [0.1, 0.15) is 16.1 Å². The van der Waals surface area contributed by atoms with E-state index in [1.807, 2.05) is 6.07 Å². The lowest BCUT2D eigenvalue weighted by Gasteiger charge is -2.10. The van der Waals surface area contributed by atoms with Gasteiger partial charge in [-0.25, -0.2) is 4.98 Å². The fourth-order valence-corrected chi connectivity index (χ4v) is 1.75. The van der Waals surface area contributed by atoms with Crippen molar-refractivity contribution in [2.75, 3.05) is 20.0 Å². The summed E-state index contributed by atoms with van der Waals surface area (Å²) in [5.41, 5.74) is 6.54. The van der Waals surface area contributed by atoms with Gasteiger partial charge in [0.15, 0.2) is 11.5 Å². The molecule has 0 unspecified atom stereocenters. The molecule has 0 aliphatic rings. The van der Waals surface area contributed by atoms with Crippen LogP contribution in [-0.4, -0.2) is 30.1 Å². The van der Waals surface area contributed by atoms with E-state index in [1.165, 1.54) is 12.4 Å². The molecule has 1 amide bonds. The molecule has 0 aliphatic carbocycles. The predicted octanol–water partition coefficient (Wildman–Crippen LogP) is 1.01. The maximum absolute atomic E-state index is 11.9. The van der Waals surface area contributed by atoms with Crippen molar-refractivity contribution in [1.82, 2.24) is 15.3 Å². The minimum atomic E-state index is -0.343. The summed E-state index contributed by atoms with van der Waals surface area (Å²) in [5.74, 6) is 1.10. The number of aromatic nitrogens is 2. The second-order valence-corrected chi connectivity index (χ2v) is 4.20. The normalized spacial score (nSPS) is 10.0. The van der Waals surface area contributed by atoms with Gasteiger partial charge in [0.05, 0.1) is 26.6 Å². The van der Waals surface area contributed by atoms with Crippen LogP contribution in [0, 0.1) is 0 Å². The van der Waals surface area contributed by atoms with Crippen molar-refractivity contribution >= 4 is 11.7 Å². The number of rotatable bonds is 5. The van der Waals surface area contributed by atoms with Gasteiger partial charge in [-0.15, -0.1) is 0 Å². The number of nitrogens with two attached hydrogens (primary N) is 1. The molecule has 2 rings (SSSR count). The smallest absolute Gasteiger partial charge is 0.271 e. The number of anilines is 1. The van der Waals surface area contributed by atoms with E-state index in [9.17, 15) is 4.79 Å². The van der Waals surface area contributed by atoms with Crippen molar-refractivity contribution in [2.45, 2.75) is 6.54 Å². The van der Waals surface area contributed by atoms with E-state index in [1.54, 1.807) is 26.4 Å². The Kier molecular flexibility index (Phi) is 4.55. The number of hydrogen-bond donors (Lipinski definition) is 2. The molecule has 0 saturated carbocycles. The fraction of sp³-hybridized carbons (Fsp3) is 0.214. The number of carbonyl (C=O) groups excluding carboxylic acids is 1. The first kappa shape index (κ1) is 14.6. The molecule has 110 valence electrons. The second kappa shape index (κ2) is 6.56. The van der Waals surface area contributed by atoms with E-state index in [0.717, 1.165) is 5.56 Å². The lowest BCUT2D eigenvalue weighted by atomic mass is 10.2. The van der Waals surface area contributed by atoms with Gasteiger partial charge < -0.3 is 20.5 Å². The van der Waals surface area contributed by atoms with Crippen LogP contribution >= 0.6 is 0 Å². The molecule has 1 aromatic carbocycles. The first-order valence-electron chi connectivity index (χ1n) is 6.20. The largest absolute Gasteiger partial charge is 0.493 e. The third-order valence-electron chi connectivity index (χ3n) is 2.79. The third kappa shape index (κ3) is 3.59. The van der Waals surface area contributed by atoms with Crippen LogP contribution in [0.4, 0.5) is 5.82 Å². The number of carbonyl (C=O) groups is 1. The monoisotopic (exact) mass is 288 g/mol. The van der Waals surface area contributed by atoms with Crippen LogP contribution in [0.5, 0.6) is 11.5 Å². The highest BCUT2D eigenvalue weighted by Gasteiger charge is 2.09. The van der Waals surface area contributed by atoms with E-state index in [-0.39, 0.29) is 17.4 Å². The predicted molar refractivity (Wildman–Crippen MR) is 77.2 cm³/mol. The zero-order valence-corrected chi connectivity index (χ0v) is 11.8. The molecule has 0 aliphatic heterocycles. The van der Waals surface area contributed by atoms with Gasteiger partial charge in [-0.3, -0.25) is 9.78 Å². The Balaban J connectivity index is 2.04. The molecule has 0 spiro atoms. The number of nitrogens with zero attached hydrogens (tertiary/aromatic N) is 2. The molecule has 1 aromatic heterocycles. The third-order valence-corrected chi connectivity index (χ3v) is 2.79. The summed E-state index contributed by atoms with van der Waals surface area (Å²) in [5, 5.41) is 2.74. The summed E-state index contributed by atoms with van der Waals surface area (Å²) in [6, 6.07) is 5.41. The molecule has 2 aromatic rings. The van der Waals surface area contributed by atoms with Crippen LogP contribution in [0.2, 0.25) is 0 Å². The molecule has 0 radical (unpaired) electrons. The topological polar surface area (TPSA) is 99.4 Å².